The molecule has 1 amide bonds. The van der Waals surface area contributed by atoms with Crippen molar-refractivity contribution in [2.75, 3.05) is 14.1 Å². The van der Waals surface area contributed by atoms with Crippen LogP contribution in [0.25, 0.3) is 21.5 Å². The van der Waals surface area contributed by atoms with Gasteiger partial charge in [0.2, 0.25) is 5.91 Å². The number of rotatable bonds is 3. The molecule has 0 spiro atoms. The molecule has 0 fully saturated rings. The Kier molecular flexibility index (Phi) is 3.47. The normalized spacial score (nSPS) is 11.0. The zero-order chi connectivity index (χ0) is 15.0. The van der Waals surface area contributed by atoms with Crippen LogP contribution in [0.5, 0.6) is 0 Å². The molecule has 0 aromatic carbocycles. The second kappa shape index (κ2) is 5.29. The third kappa shape index (κ3) is 2.54. The molecule has 0 unspecified atom stereocenters. The summed E-state index contributed by atoms with van der Waals surface area (Å²) in [6.07, 6.45) is 2.99. The number of aromatic nitrogens is 2. The van der Waals surface area contributed by atoms with Gasteiger partial charge in [-0.3, -0.25) is 9.78 Å². The number of likely N-dealkylation sites (N-methyl/N-ethyl adjacent to an activating group) is 1. The molecule has 3 heterocycles. The molecular weight excluding hydrogens is 289 g/mol. The summed E-state index contributed by atoms with van der Waals surface area (Å²) >= 11 is 1.60. The summed E-state index contributed by atoms with van der Waals surface area (Å²) in [6, 6.07) is 5.82. The second-order valence-electron chi connectivity index (χ2n) is 4.96. The van der Waals surface area contributed by atoms with Crippen LogP contribution in [0.2, 0.25) is 0 Å². The van der Waals surface area contributed by atoms with E-state index in [1.54, 1.807) is 36.2 Å². The standard InChI is InChI=1S/C15H14FN3OS/c1-18(2)14(20)9-19-8-11(16)15-12(19)6-10(7-17-15)13-4-3-5-21-13/h3-8H,9H2,1-2H3. The molecule has 0 bridgehead atoms. The summed E-state index contributed by atoms with van der Waals surface area (Å²) in [6.45, 7) is 0.100. The Bertz CT molecular complexity index is 793. The van der Waals surface area contributed by atoms with E-state index in [0.717, 1.165) is 10.4 Å². The first kappa shape index (κ1) is 13.8. The fourth-order valence-corrected chi connectivity index (χ4v) is 2.83. The third-order valence-electron chi connectivity index (χ3n) is 3.28. The fourth-order valence-electron chi connectivity index (χ4n) is 2.12. The first-order valence-corrected chi connectivity index (χ1v) is 7.32. The minimum Gasteiger partial charge on any atom is -0.347 e. The Balaban J connectivity index is 2.08. The average Bonchev–Trinajstić information content (AvgIpc) is 3.08. The number of hydrogen-bond acceptors (Lipinski definition) is 3. The SMILES string of the molecule is CN(C)C(=O)Cn1cc(F)c2ncc(-c3cccs3)cc21. The molecule has 0 aliphatic heterocycles. The van der Waals surface area contributed by atoms with Gasteiger partial charge in [0, 0.05) is 36.9 Å². The zero-order valence-corrected chi connectivity index (χ0v) is 12.5. The Hall–Kier alpha value is -2.21. The number of halogens is 1. The lowest BCUT2D eigenvalue weighted by Gasteiger charge is -2.11. The maximum atomic E-state index is 13.9. The van der Waals surface area contributed by atoms with Gasteiger partial charge in [-0.05, 0) is 17.5 Å². The van der Waals surface area contributed by atoms with Crippen molar-refractivity contribution in [1.82, 2.24) is 14.5 Å². The van der Waals surface area contributed by atoms with Crippen LogP contribution in [0.1, 0.15) is 0 Å². The van der Waals surface area contributed by atoms with E-state index in [4.69, 9.17) is 0 Å². The molecule has 0 aliphatic rings. The van der Waals surface area contributed by atoms with E-state index in [0.29, 0.717) is 11.0 Å². The van der Waals surface area contributed by atoms with Gasteiger partial charge in [0.25, 0.3) is 0 Å². The van der Waals surface area contributed by atoms with Crippen LogP contribution in [0.3, 0.4) is 0 Å². The van der Waals surface area contributed by atoms with Crippen molar-refractivity contribution in [3.63, 3.8) is 0 Å². The Labute approximate surface area is 125 Å². The van der Waals surface area contributed by atoms with Crippen molar-refractivity contribution in [3.8, 4) is 10.4 Å². The Morgan fingerprint density at radius 1 is 1.48 bits per heavy atom. The summed E-state index contributed by atoms with van der Waals surface area (Å²) in [7, 11) is 3.36. The van der Waals surface area contributed by atoms with Crippen LogP contribution >= 0.6 is 11.3 Å². The fraction of sp³-hybridized carbons (Fsp3) is 0.200. The number of fused-ring (bicyclic) bond motifs is 1. The molecule has 0 saturated heterocycles. The van der Waals surface area contributed by atoms with Crippen LogP contribution in [-0.2, 0) is 11.3 Å². The molecule has 108 valence electrons. The second-order valence-corrected chi connectivity index (χ2v) is 5.91. The number of thiophene rings is 1. The molecule has 0 saturated carbocycles. The van der Waals surface area contributed by atoms with Gasteiger partial charge in [-0.15, -0.1) is 11.3 Å². The van der Waals surface area contributed by atoms with Crippen LogP contribution < -0.4 is 0 Å². The minimum atomic E-state index is -0.408. The molecule has 0 aliphatic carbocycles. The molecule has 0 atom stereocenters. The number of nitrogens with zero attached hydrogens (tertiary/aromatic N) is 3. The Morgan fingerprint density at radius 2 is 2.29 bits per heavy atom. The van der Waals surface area contributed by atoms with Gasteiger partial charge in [-0.25, -0.2) is 4.39 Å². The van der Waals surface area contributed by atoms with Crippen molar-refractivity contribution in [2.24, 2.45) is 0 Å². The zero-order valence-electron chi connectivity index (χ0n) is 11.7. The van der Waals surface area contributed by atoms with E-state index >= 15 is 0 Å². The van der Waals surface area contributed by atoms with E-state index in [2.05, 4.69) is 4.98 Å². The average molecular weight is 303 g/mol. The van der Waals surface area contributed by atoms with E-state index in [1.807, 2.05) is 23.6 Å². The lowest BCUT2D eigenvalue weighted by atomic mass is 10.2. The van der Waals surface area contributed by atoms with Gasteiger partial charge in [-0.1, -0.05) is 6.07 Å². The van der Waals surface area contributed by atoms with Gasteiger partial charge < -0.3 is 9.47 Å². The third-order valence-corrected chi connectivity index (χ3v) is 4.20. The molecule has 0 N–H and O–H groups in total. The predicted octanol–water partition coefficient (Wildman–Crippen LogP) is 2.99. The maximum Gasteiger partial charge on any atom is 0.241 e. The van der Waals surface area contributed by atoms with Crippen molar-refractivity contribution in [2.45, 2.75) is 6.54 Å². The summed E-state index contributed by atoms with van der Waals surface area (Å²) in [5.41, 5.74) is 1.85. The number of carbonyl (C=O) groups excluding carboxylic acids is 1. The lowest BCUT2D eigenvalue weighted by molar-refractivity contribution is -0.129. The first-order chi connectivity index (χ1) is 10.1. The molecule has 3 aromatic heterocycles. The predicted molar refractivity (Wildman–Crippen MR) is 81.7 cm³/mol. The Morgan fingerprint density at radius 3 is 2.95 bits per heavy atom. The largest absolute Gasteiger partial charge is 0.347 e. The van der Waals surface area contributed by atoms with E-state index < -0.39 is 5.82 Å². The van der Waals surface area contributed by atoms with Crippen LogP contribution in [0.15, 0.2) is 36.0 Å². The van der Waals surface area contributed by atoms with E-state index in [1.165, 1.54) is 11.1 Å². The van der Waals surface area contributed by atoms with Crippen molar-refractivity contribution in [1.29, 1.82) is 0 Å². The van der Waals surface area contributed by atoms with Gasteiger partial charge in [-0.2, -0.15) is 0 Å². The molecule has 6 heteroatoms. The molecule has 21 heavy (non-hydrogen) atoms. The smallest absolute Gasteiger partial charge is 0.241 e. The molecule has 3 rings (SSSR count). The van der Waals surface area contributed by atoms with Gasteiger partial charge >= 0.3 is 0 Å². The minimum absolute atomic E-state index is 0.0894. The van der Waals surface area contributed by atoms with Gasteiger partial charge in [0.05, 0.1) is 5.52 Å². The summed E-state index contributed by atoms with van der Waals surface area (Å²) in [4.78, 5) is 18.6. The van der Waals surface area contributed by atoms with E-state index in [9.17, 15) is 9.18 Å². The highest BCUT2D eigenvalue weighted by Crippen LogP contribution is 2.28. The summed E-state index contributed by atoms with van der Waals surface area (Å²) < 4.78 is 15.5. The van der Waals surface area contributed by atoms with Gasteiger partial charge in [0.15, 0.2) is 5.82 Å². The van der Waals surface area contributed by atoms with Crippen molar-refractivity contribution >= 4 is 28.3 Å². The molecule has 3 aromatic rings. The number of hydrogen-bond donors (Lipinski definition) is 0. The quantitative estimate of drug-likeness (QED) is 0.746. The van der Waals surface area contributed by atoms with Crippen LogP contribution in [0.4, 0.5) is 4.39 Å². The summed E-state index contributed by atoms with van der Waals surface area (Å²) in [5.74, 6) is -0.497. The number of amides is 1. The molecular formula is C15H14FN3OS. The van der Waals surface area contributed by atoms with Crippen LogP contribution in [0, 0.1) is 5.82 Å². The van der Waals surface area contributed by atoms with Crippen molar-refractivity contribution < 1.29 is 9.18 Å². The van der Waals surface area contributed by atoms with E-state index in [-0.39, 0.29) is 12.5 Å². The number of pyridine rings is 1. The number of carbonyl (C=O) groups is 1. The maximum absolute atomic E-state index is 13.9. The monoisotopic (exact) mass is 303 g/mol. The molecule has 0 radical (unpaired) electrons. The van der Waals surface area contributed by atoms with Crippen LogP contribution in [-0.4, -0.2) is 34.5 Å². The highest BCUT2D eigenvalue weighted by atomic mass is 32.1. The molecule has 4 nitrogen and oxygen atoms in total. The van der Waals surface area contributed by atoms with Crippen molar-refractivity contribution in [3.05, 3.63) is 41.8 Å². The topological polar surface area (TPSA) is 38.1 Å². The lowest BCUT2D eigenvalue weighted by Crippen LogP contribution is -2.25. The summed E-state index contributed by atoms with van der Waals surface area (Å²) in [5, 5.41) is 1.98. The highest BCUT2D eigenvalue weighted by Gasteiger charge is 2.14. The first-order valence-electron chi connectivity index (χ1n) is 6.44. The highest BCUT2D eigenvalue weighted by molar-refractivity contribution is 7.13. The van der Waals surface area contributed by atoms with Gasteiger partial charge in [0.1, 0.15) is 12.1 Å².